The largest absolute Gasteiger partial charge is 0.329 e. The molecular formula is C9H21N3. The molecule has 3 nitrogen and oxygen atoms in total. The second-order valence-electron chi connectivity index (χ2n) is 3.65. The highest BCUT2D eigenvalue weighted by Crippen LogP contribution is 2.16. The van der Waals surface area contributed by atoms with Gasteiger partial charge in [0.2, 0.25) is 0 Å². The summed E-state index contributed by atoms with van der Waals surface area (Å²) in [6, 6.07) is 0.732. The molecule has 1 heterocycles. The fraction of sp³-hybridized carbons (Fsp3) is 1.00. The van der Waals surface area contributed by atoms with Gasteiger partial charge >= 0.3 is 0 Å². The van der Waals surface area contributed by atoms with E-state index in [0.717, 1.165) is 31.6 Å². The Morgan fingerprint density at radius 1 is 1.50 bits per heavy atom. The normalized spacial score (nSPS) is 29.5. The topological polar surface area (TPSA) is 50.1 Å². The van der Waals surface area contributed by atoms with E-state index < -0.39 is 0 Å². The molecule has 0 bridgehead atoms. The Labute approximate surface area is 75.1 Å². The molecule has 0 aliphatic carbocycles. The predicted molar refractivity (Wildman–Crippen MR) is 52.1 cm³/mol. The maximum absolute atomic E-state index is 5.37. The summed E-state index contributed by atoms with van der Waals surface area (Å²) in [7, 11) is 0. The van der Waals surface area contributed by atoms with Crippen molar-refractivity contribution in [2.75, 3.05) is 26.2 Å². The molecule has 0 aromatic rings. The van der Waals surface area contributed by atoms with E-state index in [2.05, 4.69) is 17.6 Å². The van der Waals surface area contributed by atoms with Crippen LogP contribution in [-0.2, 0) is 0 Å². The molecule has 1 fully saturated rings. The van der Waals surface area contributed by atoms with E-state index in [9.17, 15) is 0 Å². The van der Waals surface area contributed by atoms with Gasteiger partial charge in [-0.25, -0.2) is 0 Å². The van der Waals surface area contributed by atoms with Crippen LogP contribution in [0.15, 0.2) is 0 Å². The predicted octanol–water partition coefficient (Wildman–Crippen LogP) is -0.0772. The van der Waals surface area contributed by atoms with Crippen LogP contribution in [0.5, 0.6) is 0 Å². The molecular weight excluding hydrogens is 150 g/mol. The molecule has 4 N–H and O–H groups in total. The molecule has 1 saturated heterocycles. The Hall–Kier alpha value is -0.120. The Morgan fingerprint density at radius 2 is 2.33 bits per heavy atom. The Balaban J connectivity index is 1.98. The number of nitrogens with one attached hydrogen (secondary N) is 2. The van der Waals surface area contributed by atoms with Gasteiger partial charge < -0.3 is 16.4 Å². The minimum Gasteiger partial charge on any atom is -0.329 e. The maximum Gasteiger partial charge on any atom is 0.0105 e. The highest BCUT2D eigenvalue weighted by atomic mass is 15.0. The summed E-state index contributed by atoms with van der Waals surface area (Å²) in [5.74, 6) is 0.852. The molecule has 0 amide bonds. The molecule has 0 saturated carbocycles. The van der Waals surface area contributed by atoms with E-state index in [-0.39, 0.29) is 0 Å². The van der Waals surface area contributed by atoms with Crippen molar-refractivity contribution in [1.82, 2.24) is 10.6 Å². The summed E-state index contributed by atoms with van der Waals surface area (Å²) in [6.07, 6.45) is 2.57. The first kappa shape index (κ1) is 9.96. The van der Waals surface area contributed by atoms with E-state index in [4.69, 9.17) is 5.73 Å². The van der Waals surface area contributed by atoms with Gasteiger partial charge in [0.05, 0.1) is 0 Å². The van der Waals surface area contributed by atoms with E-state index >= 15 is 0 Å². The lowest BCUT2D eigenvalue weighted by Gasteiger charge is -2.15. The summed E-state index contributed by atoms with van der Waals surface area (Å²) < 4.78 is 0. The van der Waals surface area contributed by atoms with E-state index in [0.29, 0.717) is 0 Å². The Bertz CT molecular complexity index is 116. The minimum atomic E-state index is 0.732. The van der Waals surface area contributed by atoms with Crippen molar-refractivity contribution in [3.8, 4) is 0 Å². The van der Waals surface area contributed by atoms with Crippen LogP contribution in [0.25, 0.3) is 0 Å². The van der Waals surface area contributed by atoms with E-state index in [1.165, 1.54) is 19.4 Å². The quantitative estimate of drug-likeness (QED) is 0.507. The maximum atomic E-state index is 5.37. The first-order valence-corrected chi connectivity index (χ1v) is 4.98. The van der Waals surface area contributed by atoms with E-state index in [1.807, 2.05) is 0 Å². The van der Waals surface area contributed by atoms with Crippen molar-refractivity contribution in [2.45, 2.75) is 25.8 Å². The highest BCUT2D eigenvalue weighted by Gasteiger charge is 2.21. The van der Waals surface area contributed by atoms with Crippen LogP contribution in [0.2, 0.25) is 0 Å². The van der Waals surface area contributed by atoms with Gasteiger partial charge in [0, 0.05) is 19.1 Å². The van der Waals surface area contributed by atoms with Crippen LogP contribution >= 0.6 is 0 Å². The molecule has 0 radical (unpaired) electrons. The van der Waals surface area contributed by atoms with E-state index in [1.54, 1.807) is 0 Å². The Morgan fingerprint density at radius 3 is 2.92 bits per heavy atom. The highest BCUT2D eigenvalue weighted by molar-refractivity contribution is 4.80. The van der Waals surface area contributed by atoms with Crippen LogP contribution in [0.3, 0.4) is 0 Å². The van der Waals surface area contributed by atoms with Gasteiger partial charge in [-0.15, -0.1) is 0 Å². The summed E-state index contributed by atoms with van der Waals surface area (Å²) in [5.41, 5.74) is 5.37. The second kappa shape index (κ2) is 5.51. The van der Waals surface area contributed by atoms with Gasteiger partial charge in [-0.2, -0.15) is 0 Å². The minimum absolute atomic E-state index is 0.732. The number of rotatable bonds is 5. The van der Waals surface area contributed by atoms with Gasteiger partial charge in [-0.3, -0.25) is 0 Å². The molecule has 1 aliphatic rings. The lowest BCUT2D eigenvalue weighted by Crippen LogP contribution is -2.32. The van der Waals surface area contributed by atoms with Crippen molar-refractivity contribution in [2.24, 2.45) is 11.7 Å². The standard InChI is InChI=1S/C9H21N3/c1-8-2-6-12-9(8)3-5-11-7-4-10/h8-9,11-12H,2-7,10H2,1H3. The SMILES string of the molecule is CC1CCNC1CCNCCN. The van der Waals surface area contributed by atoms with Gasteiger partial charge in [0.25, 0.3) is 0 Å². The molecule has 0 spiro atoms. The lowest BCUT2D eigenvalue weighted by atomic mass is 10.0. The molecule has 3 heteroatoms. The lowest BCUT2D eigenvalue weighted by molar-refractivity contribution is 0.441. The molecule has 2 unspecified atom stereocenters. The summed E-state index contributed by atoms with van der Waals surface area (Å²) in [4.78, 5) is 0. The van der Waals surface area contributed by atoms with Gasteiger partial charge in [0.15, 0.2) is 0 Å². The molecule has 12 heavy (non-hydrogen) atoms. The smallest absolute Gasteiger partial charge is 0.0105 e. The molecule has 0 aromatic carbocycles. The van der Waals surface area contributed by atoms with Crippen LogP contribution in [0, 0.1) is 5.92 Å². The fourth-order valence-corrected chi connectivity index (χ4v) is 1.77. The second-order valence-corrected chi connectivity index (χ2v) is 3.65. The third kappa shape index (κ3) is 3.09. The number of hydrogen-bond acceptors (Lipinski definition) is 3. The van der Waals surface area contributed by atoms with Crippen LogP contribution in [-0.4, -0.2) is 32.2 Å². The Kier molecular flexibility index (Phi) is 4.58. The van der Waals surface area contributed by atoms with Gasteiger partial charge in [-0.05, 0) is 31.8 Å². The number of nitrogens with two attached hydrogens (primary N) is 1. The first-order chi connectivity index (χ1) is 5.84. The zero-order valence-electron chi connectivity index (χ0n) is 7.97. The molecule has 1 aliphatic heterocycles. The summed E-state index contributed by atoms with van der Waals surface area (Å²) >= 11 is 0. The zero-order chi connectivity index (χ0) is 8.81. The van der Waals surface area contributed by atoms with Crippen molar-refractivity contribution >= 4 is 0 Å². The van der Waals surface area contributed by atoms with Crippen LogP contribution < -0.4 is 16.4 Å². The monoisotopic (exact) mass is 171 g/mol. The van der Waals surface area contributed by atoms with Crippen molar-refractivity contribution in [3.63, 3.8) is 0 Å². The first-order valence-electron chi connectivity index (χ1n) is 4.98. The summed E-state index contributed by atoms with van der Waals surface area (Å²) in [6.45, 7) is 6.31. The van der Waals surface area contributed by atoms with Crippen molar-refractivity contribution < 1.29 is 0 Å². The summed E-state index contributed by atoms with van der Waals surface area (Å²) in [5, 5.41) is 6.83. The third-order valence-corrected chi connectivity index (χ3v) is 2.65. The molecule has 72 valence electrons. The van der Waals surface area contributed by atoms with Crippen LogP contribution in [0.1, 0.15) is 19.8 Å². The molecule has 0 aromatic heterocycles. The average molecular weight is 171 g/mol. The fourth-order valence-electron chi connectivity index (χ4n) is 1.77. The van der Waals surface area contributed by atoms with Gasteiger partial charge in [-0.1, -0.05) is 6.92 Å². The van der Waals surface area contributed by atoms with Crippen molar-refractivity contribution in [3.05, 3.63) is 0 Å². The molecule has 2 atom stereocenters. The van der Waals surface area contributed by atoms with Crippen LogP contribution in [0.4, 0.5) is 0 Å². The third-order valence-electron chi connectivity index (χ3n) is 2.65. The average Bonchev–Trinajstić information content (AvgIpc) is 2.46. The van der Waals surface area contributed by atoms with Crippen molar-refractivity contribution in [1.29, 1.82) is 0 Å². The van der Waals surface area contributed by atoms with Gasteiger partial charge in [0.1, 0.15) is 0 Å². The number of hydrogen-bond donors (Lipinski definition) is 3. The zero-order valence-corrected chi connectivity index (χ0v) is 7.97. The molecule has 1 rings (SSSR count).